The molecule has 1 aromatic rings. The van der Waals surface area contributed by atoms with Gasteiger partial charge in [0.15, 0.2) is 0 Å². The monoisotopic (exact) mass is 365 g/mol. The van der Waals surface area contributed by atoms with E-state index in [-0.39, 0.29) is 24.2 Å². The van der Waals surface area contributed by atoms with Gasteiger partial charge in [-0.3, -0.25) is 9.59 Å². The van der Waals surface area contributed by atoms with Crippen LogP contribution in [-0.2, 0) is 9.59 Å². The number of rotatable bonds is 5. The Balaban J connectivity index is 0.00000242. The molecule has 1 aromatic carbocycles. The zero-order valence-corrected chi connectivity index (χ0v) is 14.2. The summed E-state index contributed by atoms with van der Waals surface area (Å²) in [6.45, 7) is 1.49. The van der Waals surface area contributed by atoms with Crippen molar-refractivity contribution in [1.82, 2.24) is 5.32 Å². The molecular weight excluding hydrogens is 349 g/mol. The highest BCUT2D eigenvalue weighted by Crippen LogP contribution is 2.31. The number of benzene rings is 1. The van der Waals surface area contributed by atoms with Crippen molar-refractivity contribution < 1.29 is 9.59 Å². The van der Waals surface area contributed by atoms with Crippen molar-refractivity contribution in [3.8, 4) is 0 Å². The predicted octanol–water partition coefficient (Wildman–Crippen LogP) is 2.23. The molecule has 0 saturated carbocycles. The summed E-state index contributed by atoms with van der Waals surface area (Å²) in [5.74, 6) is -1.09. The van der Waals surface area contributed by atoms with Crippen molar-refractivity contribution in [3.63, 3.8) is 0 Å². The van der Waals surface area contributed by atoms with Crippen LogP contribution >= 0.6 is 35.6 Å². The minimum Gasteiger partial charge on any atom is -0.355 e. The minimum absolute atomic E-state index is 0. The van der Waals surface area contributed by atoms with Gasteiger partial charge in [-0.05, 0) is 37.6 Å². The molecule has 1 aliphatic heterocycles. The third kappa shape index (κ3) is 4.26. The fourth-order valence-electron chi connectivity index (χ4n) is 2.27. The number of nitrogens with one attached hydrogen (secondary N) is 1. The van der Waals surface area contributed by atoms with Gasteiger partial charge >= 0.3 is 0 Å². The lowest BCUT2D eigenvalue weighted by atomic mass is 10.1. The van der Waals surface area contributed by atoms with Gasteiger partial charge in [-0.1, -0.05) is 23.2 Å². The summed E-state index contributed by atoms with van der Waals surface area (Å²) in [5.41, 5.74) is 6.03. The molecule has 1 saturated heterocycles. The highest BCUT2D eigenvalue weighted by molar-refractivity contribution is 6.42. The van der Waals surface area contributed by atoms with Crippen molar-refractivity contribution in [2.24, 2.45) is 11.7 Å². The molecule has 0 aliphatic carbocycles. The fourth-order valence-corrected chi connectivity index (χ4v) is 2.56. The fraction of sp³-hybridized carbons (Fsp3) is 0.429. The van der Waals surface area contributed by atoms with E-state index in [1.807, 2.05) is 0 Å². The van der Waals surface area contributed by atoms with Gasteiger partial charge < -0.3 is 16.0 Å². The number of amides is 2. The Morgan fingerprint density at radius 1 is 1.36 bits per heavy atom. The van der Waals surface area contributed by atoms with Crippen LogP contribution in [0.1, 0.15) is 12.8 Å². The first-order valence-electron chi connectivity index (χ1n) is 6.79. The molecule has 1 aliphatic rings. The lowest BCUT2D eigenvalue weighted by Gasteiger charge is -2.17. The summed E-state index contributed by atoms with van der Waals surface area (Å²) in [6.07, 6.45) is 1.19. The highest BCUT2D eigenvalue weighted by Gasteiger charge is 2.37. The molecule has 2 amide bonds. The molecule has 122 valence electrons. The van der Waals surface area contributed by atoms with Gasteiger partial charge in [-0.2, -0.15) is 0 Å². The Kier molecular flexibility index (Phi) is 7.42. The van der Waals surface area contributed by atoms with E-state index in [1.54, 1.807) is 23.1 Å². The van der Waals surface area contributed by atoms with Gasteiger partial charge in [-0.15, -0.1) is 12.4 Å². The van der Waals surface area contributed by atoms with Crippen molar-refractivity contribution in [2.45, 2.75) is 12.8 Å². The second-order valence-electron chi connectivity index (χ2n) is 4.86. The molecule has 22 heavy (non-hydrogen) atoms. The first-order valence-corrected chi connectivity index (χ1v) is 7.54. The van der Waals surface area contributed by atoms with Crippen LogP contribution in [0.5, 0.6) is 0 Å². The third-order valence-electron chi connectivity index (χ3n) is 3.42. The molecule has 0 bridgehead atoms. The first-order chi connectivity index (χ1) is 10.0. The maximum atomic E-state index is 12.3. The molecule has 1 fully saturated rings. The van der Waals surface area contributed by atoms with E-state index in [4.69, 9.17) is 28.9 Å². The molecule has 0 aromatic heterocycles. The second-order valence-corrected chi connectivity index (χ2v) is 5.68. The summed E-state index contributed by atoms with van der Waals surface area (Å²) in [7, 11) is 0. The molecule has 5 nitrogen and oxygen atoms in total. The molecule has 3 N–H and O–H groups in total. The number of halogens is 3. The van der Waals surface area contributed by atoms with Crippen LogP contribution < -0.4 is 16.0 Å². The van der Waals surface area contributed by atoms with Crippen LogP contribution in [0.3, 0.4) is 0 Å². The van der Waals surface area contributed by atoms with Crippen molar-refractivity contribution in [2.75, 3.05) is 24.5 Å². The van der Waals surface area contributed by atoms with Crippen LogP contribution in [0.2, 0.25) is 10.0 Å². The van der Waals surface area contributed by atoms with E-state index in [0.29, 0.717) is 48.2 Å². The number of carbonyl (C=O) groups excluding carboxylic acids is 2. The predicted molar refractivity (Wildman–Crippen MR) is 90.9 cm³/mol. The average molecular weight is 367 g/mol. The highest BCUT2D eigenvalue weighted by atomic mass is 35.5. The Hall–Kier alpha value is -1.01. The van der Waals surface area contributed by atoms with E-state index >= 15 is 0 Å². The average Bonchev–Trinajstić information content (AvgIpc) is 2.84. The topological polar surface area (TPSA) is 75.4 Å². The molecule has 8 heteroatoms. The lowest BCUT2D eigenvalue weighted by molar-refractivity contribution is -0.132. The van der Waals surface area contributed by atoms with Gasteiger partial charge in [-0.25, -0.2) is 0 Å². The van der Waals surface area contributed by atoms with Crippen molar-refractivity contribution in [3.05, 3.63) is 28.2 Å². The summed E-state index contributed by atoms with van der Waals surface area (Å²) < 4.78 is 0. The van der Waals surface area contributed by atoms with Gasteiger partial charge in [0.1, 0.15) is 5.92 Å². The largest absolute Gasteiger partial charge is 0.355 e. The zero-order chi connectivity index (χ0) is 15.4. The van der Waals surface area contributed by atoms with Gasteiger partial charge in [0.05, 0.1) is 10.0 Å². The second kappa shape index (κ2) is 8.58. The maximum Gasteiger partial charge on any atom is 0.239 e. The number of nitrogens with two attached hydrogens (primary N) is 1. The van der Waals surface area contributed by atoms with E-state index in [1.165, 1.54) is 0 Å². The quantitative estimate of drug-likeness (QED) is 0.620. The number of anilines is 1. The smallest absolute Gasteiger partial charge is 0.239 e. The van der Waals surface area contributed by atoms with E-state index < -0.39 is 5.92 Å². The van der Waals surface area contributed by atoms with Crippen LogP contribution in [0.15, 0.2) is 18.2 Å². The Morgan fingerprint density at radius 2 is 2.09 bits per heavy atom. The molecule has 1 atom stereocenters. The van der Waals surface area contributed by atoms with E-state index in [2.05, 4.69) is 5.32 Å². The number of carbonyl (C=O) groups is 2. The molecular formula is C14H18Cl3N3O2. The number of hydrogen-bond acceptors (Lipinski definition) is 3. The normalized spacial score (nSPS) is 17.3. The Morgan fingerprint density at radius 3 is 2.73 bits per heavy atom. The van der Waals surface area contributed by atoms with E-state index in [0.717, 1.165) is 0 Å². The van der Waals surface area contributed by atoms with Crippen LogP contribution in [0.25, 0.3) is 0 Å². The minimum atomic E-state index is -0.641. The van der Waals surface area contributed by atoms with Gasteiger partial charge in [0.25, 0.3) is 0 Å². The van der Waals surface area contributed by atoms with Crippen LogP contribution in [0.4, 0.5) is 5.69 Å². The maximum absolute atomic E-state index is 12.3. The molecule has 0 radical (unpaired) electrons. The Bertz CT molecular complexity index is 554. The first kappa shape index (κ1) is 19.0. The standard InChI is InChI=1S/C14H17Cl2N3O2.ClH/c15-11-3-2-9(8-12(11)16)19-7-4-10(14(19)21)13(20)18-6-1-5-17;/h2-3,8,10H,1,4-7,17H2,(H,18,20);1H. The van der Waals surface area contributed by atoms with Crippen LogP contribution in [0, 0.1) is 5.92 Å². The van der Waals surface area contributed by atoms with Gasteiger partial charge in [0.2, 0.25) is 11.8 Å². The van der Waals surface area contributed by atoms with Gasteiger partial charge in [0, 0.05) is 18.8 Å². The molecule has 0 spiro atoms. The van der Waals surface area contributed by atoms with Crippen molar-refractivity contribution in [1.29, 1.82) is 0 Å². The summed E-state index contributed by atoms with van der Waals surface area (Å²) in [6, 6.07) is 5.00. The van der Waals surface area contributed by atoms with Crippen molar-refractivity contribution >= 4 is 53.1 Å². The summed E-state index contributed by atoms with van der Waals surface area (Å²) in [5, 5.41) is 3.56. The summed E-state index contributed by atoms with van der Waals surface area (Å²) >= 11 is 11.8. The SMILES string of the molecule is Cl.NCCCNC(=O)C1CCN(c2ccc(Cl)c(Cl)c2)C1=O. The number of nitrogens with zero attached hydrogens (tertiary/aromatic N) is 1. The molecule has 1 unspecified atom stereocenters. The molecule has 2 rings (SSSR count). The Labute approximate surface area is 145 Å². The summed E-state index contributed by atoms with van der Waals surface area (Å²) in [4.78, 5) is 25.9. The lowest BCUT2D eigenvalue weighted by Crippen LogP contribution is -2.37. The van der Waals surface area contributed by atoms with Crippen LogP contribution in [-0.4, -0.2) is 31.4 Å². The zero-order valence-electron chi connectivity index (χ0n) is 11.9. The molecule has 1 heterocycles. The number of hydrogen-bond donors (Lipinski definition) is 2. The van der Waals surface area contributed by atoms with E-state index in [9.17, 15) is 9.59 Å². The third-order valence-corrected chi connectivity index (χ3v) is 4.16.